The third-order valence-corrected chi connectivity index (χ3v) is 6.13. The molecule has 0 saturated carbocycles. The first kappa shape index (κ1) is 26.1. The van der Waals surface area contributed by atoms with Gasteiger partial charge in [-0.1, -0.05) is 24.3 Å². The molecule has 11 heteroatoms. The van der Waals surface area contributed by atoms with E-state index in [2.05, 4.69) is 15.4 Å². The molecule has 2 heterocycles. The fourth-order valence-electron chi connectivity index (χ4n) is 4.09. The van der Waals surface area contributed by atoms with Crippen LogP contribution in [0.5, 0.6) is 0 Å². The molecule has 0 saturated heterocycles. The minimum atomic E-state index is -5.09. The second-order valence-corrected chi connectivity index (χ2v) is 9.42. The van der Waals surface area contributed by atoms with Crippen LogP contribution in [0.15, 0.2) is 53.5 Å². The first-order chi connectivity index (χ1) is 17.2. The number of nitrogens with zero attached hydrogens (tertiary/aromatic N) is 2. The van der Waals surface area contributed by atoms with Crippen LogP contribution in [-0.2, 0) is 6.18 Å². The number of carbonyl (C=O) groups is 1. The van der Waals surface area contributed by atoms with Gasteiger partial charge in [0.05, 0.1) is 23.5 Å². The first-order valence-corrected chi connectivity index (χ1v) is 11.3. The second kappa shape index (κ2) is 9.15. The molecule has 37 heavy (non-hydrogen) atoms. The number of fused-ring (bicyclic) bond motifs is 1. The lowest BCUT2D eigenvalue weighted by Gasteiger charge is -2.30. The van der Waals surface area contributed by atoms with Crippen LogP contribution in [0.1, 0.15) is 52.6 Å². The number of amides is 1. The number of alkyl halides is 3. The van der Waals surface area contributed by atoms with Gasteiger partial charge in [-0.3, -0.25) is 9.59 Å². The smallest absolute Gasteiger partial charge is 0.388 e. The van der Waals surface area contributed by atoms with Crippen molar-refractivity contribution in [1.82, 2.24) is 19.9 Å². The maximum Gasteiger partial charge on any atom is 0.421 e. The molecule has 2 aromatic carbocycles. The van der Waals surface area contributed by atoms with E-state index in [1.54, 1.807) is 12.1 Å². The lowest BCUT2D eigenvalue weighted by Crippen LogP contribution is -2.42. The molecule has 4 aromatic rings. The summed E-state index contributed by atoms with van der Waals surface area (Å²) in [5.74, 6) is -1.83. The predicted octanol–water partition coefficient (Wildman–Crippen LogP) is 4.71. The molecule has 7 nitrogen and oxygen atoms in total. The highest BCUT2D eigenvalue weighted by Crippen LogP contribution is 2.35. The van der Waals surface area contributed by atoms with Gasteiger partial charge in [0.25, 0.3) is 11.5 Å². The van der Waals surface area contributed by atoms with Crippen molar-refractivity contribution in [3.05, 3.63) is 92.8 Å². The van der Waals surface area contributed by atoms with Crippen molar-refractivity contribution >= 4 is 11.4 Å². The maximum absolute atomic E-state index is 14.1. The van der Waals surface area contributed by atoms with Gasteiger partial charge in [0.15, 0.2) is 5.69 Å². The number of aromatic amines is 1. The van der Waals surface area contributed by atoms with Gasteiger partial charge in [-0.2, -0.15) is 18.3 Å². The van der Waals surface area contributed by atoms with Crippen molar-refractivity contribution in [3.63, 3.8) is 0 Å². The van der Waals surface area contributed by atoms with Crippen LogP contribution in [0.4, 0.5) is 17.6 Å². The summed E-state index contributed by atoms with van der Waals surface area (Å²) in [6, 6.07) is 8.86. The Kier molecular flexibility index (Phi) is 6.45. The normalized spacial score (nSPS) is 13.1. The van der Waals surface area contributed by atoms with Gasteiger partial charge in [0, 0.05) is 0 Å². The average molecular weight is 516 g/mol. The standard InChI is InChI=1S/C26H24F4N4O3/c1-13-5-6-16(11-14(13)2)18-12-34-21(24(36)31-18)19(26(28,29)30)20(33-34)23(35)32-22(25(3,4)37)15-7-9-17(27)10-8-15/h5-12,22,37H,1-4H3,(H,31,36)(H,32,35). The minimum Gasteiger partial charge on any atom is -0.388 e. The molecule has 0 aliphatic rings. The van der Waals surface area contributed by atoms with Crippen LogP contribution in [0, 0.1) is 19.7 Å². The van der Waals surface area contributed by atoms with E-state index in [-0.39, 0.29) is 11.3 Å². The molecular weight excluding hydrogens is 492 g/mol. The topological polar surface area (TPSA) is 99.5 Å². The quantitative estimate of drug-likeness (QED) is 0.335. The number of nitrogens with one attached hydrogen (secondary N) is 2. The lowest BCUT2D eigenvalue weighted by molar-refractivity contribution is -0.136. The van der Waals surface area contributed by atoms with Crippen molar-refractivity contribution in [1.29, 1.82) is 0 Å². The summed E-state index contributed by atoms with van der Waals surface area (Å²) in [4.78, 5) is 28.4. The van der Waals surface area contributed by atoms with Crippen molar-refractivity contribution < 1.29 is 27.5 Å². The summed E-state index contributed by atoms with van der Waals surface area (Å²) >= 11 is 0. The zero-order valence-electron chi connectivity index (χ0n) is 20.4. The summed E-state index contributed by atoms with van der Waals surface area (Å²) < 4.78 is 56.5. The van der Waals surface area contributed by atoms with Gasteiger partial charge < -0.3 is 15.4 Å². The Bertz CT molecular complexity index is 1550. The van der Waals surface area contributed by atoms with Crippen LogP contribution in [0.2, 0.25) is 0 Å². The van der Waals surface area contributed by atoms with Crippen molar-refractivity contribution in [2.24, 2.45) is 0 Å². The van der Waals surface area contributed by atoms with Crippen LogP contribution in [0.25, 0.3) is 16.8 Å². The Balaban J connectivity index is 1.84. The maximum atomic E-state index is 14.1. The molecule has 3 N–H and O–H groups in total. The van der Waals surface area contributed by atoms with E-state index in [1.807, 2.05) is 19.9 Å². The Morgan fingerprint density at radius 1 is 1.08 bits per heavy atom. The fraction of sp³-hybridized carbons (Fsp3) is 0.269. The number of H-pyrrole nitrogens is 1. The molecule has 0 aliphatic heterocycles. The molecule has 4 rings (SSSR count). The fourth-order valence-corrected chi connectivity index (χ4v) is 4.09. The number of benzene rings is 2. The van der Waals surface area contributed by atoms with Crippen molar-refractivity contribution in [2.45, 2.75) is 45.5 Å². The first-order valence-electron chi connectivity index (χ1n) is 11.3. The zero-order chi connectivity index (χ0) is 27.3. The van der Waals surface area contributed by atoms with E-state index in [0.29, 0.717) is 5.56 Å². The van der Waals surface area contributed by atoms with Gasteiger partial charge in [-0.25, -0.2) is 8.91 Å². The number of hydrogen-bond donors (Lipinski definition) is 3. The molecule has 1 amide bonds. The third-order valence-electron chi connectivity index (χ3n) is 6.13. The van der Waals surface area contributed by atoms with Gasteiger partial charge in [0.1, 0.15) is 16.9 Å². The van der Waals surface area contributed by atoms with E-state index in [0.717, 1.165) is 27.8 Å². The van der Waals surface area contributed by atoms with Crippen LogP contribution in [-0.4, -0.2) is 31.2 Å². The molecule has 0 bridgehead atoms. The Labute approximate surface area is 208 Å². The Hall–Kier alpha value is -3.99. The average Bonchev–Trinajstić information content (AvgIpc) is 3.20. The van der Waals surface area contributed by atoms with Gasteiger partial charge in [0.2, 0.25) is 0 Å². The molecule has 2 aromatic heterocycles. The number of aromatic nitrogens is 3. The van der Waals surface area contributed by atoms with Crippen molar-refractivity contribution in [3.8, 4) is 11.3 Å². The molecule has 0 fully saturated rings. The number of carbonyl (C=O) groups excluding carboxylic acids is 1. The number of rotatable bonds is 5. The summed E-state index contributed by atoms with van der Waals surface area (Å²) in [5, 5.41) is 16.8. The van der Waals surface area contributed by atoms with Gasteiger partial charge >= 0.3 is 6.18 Å². The van der Waals surface area contributed by atoms with E-state index < -0.39 is 51.9 Å². The van der Waals surface area contributed by atoms with E-state index in [4.69, 9.17) is 0 Å². The molecule has 1 unspecified atom stereocenters. The zero-order valence-corrected chi connectivity index (χ0v) is 20.4. The van der Waals surface area contributed by atoms with Crippen LogP contribution < -0.4 is 10.9 Å². The van der Waals surface area contributed by atoms with Crippen LogP contribution >= 0.6 is 0 Å². The molecule has 0 aliphatic carbocycles. The number of aliphatic hydroxyl groups is 1. The monoisotopic (exact) mass is 516 g/mol. The molecule has 0 radical (unpaired) electrons. The molecule has 194 valence electrons. The SMILES string of the molecule is Cc1ccc(-c2cn3nc(C(=O)NC(c4ccc(F)cc4)C(C)(C)O)c(C(F)(F)F)c3c(=O)[nH]2)cc1C. The Morgan fingerprint density at radius 2 is 1.73 bits per heavy atom. The largest absolute Gasteiger partial charge is 0.421 e. The second-order valence-electron chi connectivity index (χ2n) is 9.42. The summed E-state index contributed by atoms with van der Waals surface area (Å²) in [5.41, 5.74) is -3.18. The van der Waals surface area contributed by atoms with E-state index >= 15 is 0 Å². The minimum absolute atomic E-state index is 0.212. The highest BCUT2D eigenvalue weighted by Gasteiger charge is 2.42. The predicted molar refractivity (Wildman–Crippen MR) is 129 cm³/mol. The molecule has 1 atom stereocenters. The number of halogens is 4. The lowest BCUT2D eigenvalue weighted by atomic mass is 9.91. The highest BCUT2D eigenvalue weighted by atomic mass is 19.4. The van der Waals surface area contributed by atoms with E-state index in [9.17, 15) is 32.3 Å². The van der Waals surface area contributed by atoms with Gasteiger partial charge in [-0.05, 0) is 68.1 Å². The summed E-state index contributed by atoms with van der Waals surface area (Å²) in [7, 11) is 0. The van der Waals surface area contributed by atoms with Crippen LogP contribution in [0.3, 0.4) is 0 Å². The molecule has 0 spiro atoms. The van der Waals surface area contributed by atoms with E-state index in [1.165, 1.54) is 32.2 Å². The third kappa shape index (κ3) is 5.12. The Morgan fingerprint density at radius 3 is 2.30 bits per heavy atom. The highest BCUT2D eigenvalue weighted by molar-refractivity contribution is 5.96. The number of hydrogen-bond acceptors (Lipinski definition) is 4. The molecular formula is C26H24F4N4O3. The summed E-state index contributed by atoms with van der Waals surface area (Å²) in [6.45, 7) is 6.44. The van der Waals surface area contributed by atoms with Gasteiger partial charge in [-0.15, -0.1) is 0 Å². The number of aryl methyl sites for hydroxylation is 2. The summed E-state index contributed by atoms with van der Waals surface area (Å²) in [6.07, 6.45) is -3.89. The van der Waals surface area contributed by atoms with Crippen molar-refractivity contribution in [2.75, 3.05) is 0 Å².